The minimum Gasteiger partial charge on any atom is -0.491 e. The van der Waals surface area contributed by atoms with Crippen molar-refractivity contribution in [1.82, 2.24) is 0 Å². The zero-order valence-electron chi connectivity index (χ0n) is 9.05. The lowest BCUT2D eigenvalue weighted by Crippen LogP contribution is -2.02. The van der Waals surface area contributed by atoms with E-state index in [0.717, 1.165) is 12.0 Å². The van der Waals surface area contributed by atoms with Gasteiger partial charge in [0.05, 0.1) is 18.7 Å². The lowest BCUT2D eigenvalue weighted by Gasteiger charge is -2.12. The maximum atomic E-state index is 6.03. The fourth-order valence-electron chi connectivity index (χ4n) is 1.26. The second-order valence-corrected chi connectivity index (χ2v) is 3.57. The molecule has 0 saturated carbocycles. The predicted octanol–water partition coefficient (Wildman–Crippen LogP) is 2.60. The first-order chi connectivity index (χ1) is 7.22. The first-order valence-electron chi connectivity index (χ1n) is 4.92. The summed E-state index contributed by atoms with van der Waals surface area (Å²) >= 11 is 6.03. The highest BCUT2D eigenvalue weighted by molar-refractivity contribution is 6.32. The van der Waals surface area contributed by atoms with Gasteiger partial charge in [-0.3, -0.25) is 0 Å². The molecule has 0 atom stereocenters. The van der Waals surface area contributed by atoms with Crippen molar-refractivity contribution < 1.29 is 9.47 Å². The molecule has 0 aliphatic carbocycles. The van der Waals surface area contributed by atoms with Crippen molar-refractivity contribution >= 4 is 11.6 Å². The number of methoxy groups -OCH3 is 1. The topological polar surface area (TPSA) is 44.5 Å². The summed E-state index contributed by atoms with van der Waals surface area (Å²) in [5.74, 6) is 1.23. The molecule has 15 heavy (non-hydrogen) atoms. The standard InChI is InChI=1S/C11H16ClNO2/c1-3-4-15-10-6-8(7-13)5-9(12)11(10)14-2/h5-6H,3-4,7,13H2,1-2H3. The Morgan fingerprint density at radius 1 is 1.40 bits per heavy atom. The van der Waals surface area contributed by atoms with Crippen LogP contribution in [0.2, 0.25) is 5.02 Å². The highest BCUT2D eigenvalue weighted by Gasteiger charge is 2.10. The van der Waals surface area contributed by atoms with Crippen molar-refractivity contribution in [3.8, 4) is 11.5 Å². The molecule has 4 heteroatoms. The van der Waals surface area contributed by atoms with Crippen molar-refractivity contribution in [2.45, 2.75) is 19.9 Å². The monoisotopic (exact) mass is 229 g/mol. The predicted molar refractivity (Wildman–Crippen MR) is 61.7 cm³/mol. The molecule has 1 aromatic rings. The summed E-state index contributed by atoms with van der Waals surface area (Å²) in [4.78, 5) is 0. The number of nitrogens with two attached hydrogens (primary N) is 1. The number of halogens is 1. The summed E-state index contributed by atoms with van der Waals surface area (Å²) in [5, 5.41) is 0.534. The first kappa shape index (κ1) is 12.1. The Morgan fingerprint density at radius 3 is 2.67 bits per heavy atom. The van der Waals surface area contributed by atoms with Crippen LogP contribution in [0, 0.1) is 0 Å². The van der Waals surface area contributed by atoms with Gasteiger partial charge in [0.15, 0.2) is 11.5 Å². The molecule has 0 aromatic heterocycles. The quantitative estimate of drug-likeness (QED) is 0.844. The van der Waals surface area contributed by atoms with E-state index >= 15 is 0 Å². The smallest absolute Gasteiger partial charge is 0.179 e. The van der Waals surface area contributed by atoms with Gasteiger partial charge in [-0.2, -0.15) is 0 Å². The van der Waals surface area contributed by atoms with E-state index in [-0.39, 0.29) is 0 Å². The molecular weight excluding hydrogens is 214 g/mol. The van der Waals surface area contributed by atoms with Gasteiger partial charge < -0.3 is 15.2 Å². The fraction of sp³-hybridized carbons (Fsp3) is 0.455. The Bertz CT molecular complexity index is 329. The van der Waals surface area contributed by atoms with Gasteiger partial charge in [-0.1, -0.05) is 18.5 Å². The third kappa shape index (κ3) is 3.01. The highest BCUT2D eigenvalue weighted by atomic mass is 35.5. The van der Waals surface area contributed by atoms with Gasteiger partial charge in [0, 0.05) is 6.54 Å². The molecule has 0 amide bonds. The van der Waals surface area contributed by atoms with Crippen molar-refractivity contribution in [2.24, 2.45) is 5.73 Å². The van der Waals surface area contributed by atoms with Crippen molar-refractivity contribution in [2.75, 3.05) is 13.7 Å². The number of ether oxygens (including phenoxy) is 2. The summed E-state index contributed by atoms with van der Waals surface area (Å²) in [6.45, 7) is 3.12. The summed E-state index contributed by atoms with van der Waals surface area (Å²) in [6.07, 6.45) is 0.938. The Kier molecular flexibility index (Phi) is 4.72. The molecule has 1 aromatic carbocycles. The van der Waals surface area contributed by atoms with Gasteiger partial charge in [-0.25, -0.2) is 0 Å². The molecule has 84 valence electrons. The van der Waals surface area contributed by atoms with Crippen molar-refractivity contribution in [1.29, 1.82) is 0 Å². The van der Waals surface area contributed by atoms with E-state index in [9.17, 15) is 0 Å². The molecule has 0 radical (unpaired) electrons. The third-order valence-electron chi connectivity index (χ3n) is 1.97. The van der Waals surface area contributed by atoms with Crippen LogP contribution in [0.3, 0.4) is 0 Å². The third-order valence-corrected chi connectivity index (χ3v) is 2.25. The SMILES string of the molecule is CCCOc1cc(CN)cc(Cl)c1OC. The van der Waals surface area contributed by atoms with E-state index in [1.807, 2.05) is 13.0 Å². The fourth-order valence-corrected chi connectivity index (χ4v) is 1.57. The zero-order valence-corrected chi connectivity index (χ0v) is 9.80. The zero-order chi connectivity index (χ0) is 11.3. The Hall–Kier alpha value is -0.930. The molecule has 0 unspecified atom stereocenters. The van der Waals surface area contributed by atoms with E-state index in [0.29, 0.717) is 29.7 Å². The van der Waals surface area contributed by atoms with Crippen molar-refractivity contribution in [3.63, 3.8) is 0 Å². The van der Waals surface area contributed by atoms with Crippen molar-refractivity contribution in [3.05, 3.63) is 22.7 Å². The number of rotatable bonds is 5. The molecule has 0 heterocycles. The Balaban J connectivity index is 3.02. The van der Waals surface area contributed by atoms with Gasteiger partial charge >= 0.3 is 0 Å². The molecule has 0 aliphatic heterocycles. The second kappa shape index (κ2) is 5.83. The molecule has 0 saturated heterocycles. The van der Waals surface area contributed by atoms with E-state index in [1.54, 1.807) is 13.2 Å². The summed E-state index contributed by atoms with van der Waals surface area (Å²) in [5.41, 5.74) is 6.49. The van der Waals surface area contributed by atoms with Crippen LogP contribution in [0.15, 0.2) is 12.1 Å². The minimum atomic E-state index is 0.437. The summed E-state index contributed by atoms with van der Waals surface area (Å²) in [6, 6.07) is 3.65. The maximum absolute atomic E-state index is 6.03. The highest BCUT2D eigenvalue weighted by Crippen LogP contribution is 2.36. The molecule has 0 aliphatic rings. The van der Waals surface area contributed by atoms with Crippen LogP contribution >= 0.6 is 11.6 Å². The van der Waals surface area contributed by atoms with Crippen LogP contribution in [0.5, 0.6) is 11.5 Å². The number of hydrogen-bond donors (Lipinski definition) is 1. The lowest BCUT2D eigenvalue weighted by molar-refractivity contribution is 0.294. The van der Waals surface area contributed by atoms with Crippen LogP contribution in [-0.4, -0.2) is 13.7 Å². The normalized spacial score (nSPS) is 10.1. The van der Waals surface area contributed by atoms with Gasteiger partial charge in [-0.05, 0) is 24.1 Å². The van der Waals surface area contributed by atoms with Crippen LogP contribution in [-0.2, 0) is 6.54 Å². The van der Waals surface area contributed by atoms with Gasteiger partial charge in [0.1, 0.15) is 0 Å². The lowest BCUT2D eigenvalue weighted by atomic mass is 10.2. The average Bonchev–Trinajstić information content (AvgIpc) is 2.25. The van der Waals surface area contributed by atoms with E-state index in [4.69, 9.17) is 26.8 Å². The maximum Gasteiger partial charge on any atom is 0.179 e. The van der Waals surface area contributed by atoms with Crippen LogP contribution in [0.25, 0.3) is 0 Å². The van der Waals surface area contributed by atoms with Crippen LogP contribution in [0.1, 0.15) is 18.9 Å². The Labute approximate surface area is 95.1 Å². The van der Waals surface area contributed by atoms with Gasteiger partial charge in [-0.15, -0.1) is 0 Å². The molecule has 0 fully saturated rings. The van der Waals surface area contributed by atoms with Gasteiger partial charge in [0.25, 0.3) is 0 Å². The number of benzene rings is 1. The minimum absolute atomic E-state index is 0.437. The summed E-state index contributed by atoms with van der Waals surface area (Å²) < 4.78 is 10.7. The van der Waals surface area contributed by atoms with E-state index < -0.39 is 0 Å². The molecule has 2 N–H and O–H groups in total. The van der Waals surface area contributed by atoms with Gasteiger partial charge in [0.2, 0.25) is 0 Å². The molecule has 3 nitrogen and oxygen atoms in total. The van der Waals surface area contributed by atoms with Crippen LogP contribution in [0.4, 0.5) is 0 Å². The van der Waals surface area contributed by atoms with E-state index in [2.05, 4.69) is 0 Å². The van der Waals surface area contributed by atoms with Crippen LogP contribution < -0.4 is 15.2 Å². The summed E-state index contributed by atoms with van der Waals surface area (Å²) in [7, 11) is 1.57. The first-order valence-corrected chi connectivity index (χ1v) is 5.30. The van der Waals surface area contributed by atoms with E-state index in [1.165, 1.54) is 0 Å². The molecule has 0 spiro atoms. The largest absolute Gasteiger partial charge is 0.491 e. The molecular formula is C11H16ClNO2. The second-order valence-electron chi connectivity index (χ2n) is 3.16. The number of hydrogen-bond acceptors (Lipinski definition) is 3. The molecule has 1 rings (SSSR count). The average molecular weight is 230 g/mol. The Morgan fingerprint density at radius 2 is 2.13 bits per heavy atom. The molecule has 0 bridgehead atoms.